The van der Waals surface area contributed by atoms with Crippen LogP contribution in [0.15, 0.2) is 40.8 Å². The summed E-state index contributed by atoms with van der Waals surface area (Å²) in [5.41, 5.74) is 2.05. The lowest BCUT2D eigenvalue weighted by atomic mass is 9.99. The Bertz CT molecular complexity index is 754. The van der Waals surface area contributed by atoms with E-state index in [0.717, 1.165) is 36.3 Å². The van der Waals surface area contributed by atoms with E-state index < -0.39 is 0 Å². The van der Waals surface area contributed by atoms with E-state index in [2.05, 4.69) is 19.9 Å². The van der Waals surface area contributed by atoms with Gasteiger partial charge in [-0.15, -0.1) is 0 Å². The van der Waals surface area contributed by atoms with E-state index in [1.807, 2.05) is 30.3 Å². The number of hydrogen-bond acceptors (Lipinski definition) is 4. The summed E-state index contributed by atoms with van der Waals surface area (Å²) in [4.78, 5) is 15.3. The number of hydrogen-bond donors (Lipinski definition) is 0. The number of nitrogens with zero attached hydrogens (tertiary/aromatic N) is 1. The van der Waals surface area contributed by atoms with Crippen molar-refractivity contribution in [1.82, 2.24) is 4.90 Å². The van der Waals surface area contributed by atoms with Crippen LogP contribution in [-0.4, -0.2) is 28.3 Å². The molecule has 0 spiro atoms. The Morgan fingerprint density at radius 3 is 2.92 bits per heavy atom. The van der Waals surface area contributed by atoms with Crippen molar-refractivity contribution in [3.8, 4) is 5.75 Å². The summed E-state index contributed by atoms with van der Waals surface area (Å²) in [5, 5.41) is 0. The number of amides is 1. The lowest BCUT2D eigenvalue weighted by Gasteiger charge is -2.21. The number of carbonyl (C=O) groups excluding carboxylic acids is 1. The summed E-state index contributed by atoms with van der Waals surface area (Å²) >= 11 is 6.89. The van der Waals surface area contributed by atoms with Crippen molar-refractivity contribution in [2.75, 3.05) is 13.2 Å². The molecule has 1 aromatic carbocycles. The molecule has 1 atom stereocenters. The number of para-hydroxylation sites is 1. The third-order valence-electron chi connectivity index (χ3n) is 4.83. The molecular weight excluding hydrogens is 362 g/mol. The fourth-order valence-electron chi connectivity index (χ4n) is 3.22. The molecule has 5 heteroatoms. The summed E-state index contributed by atoms with van der Waals surface area (Å²) in [6, 6.07) is 7.93. The Hall–Kier alpha value is -1.59. The third kappa shape index (κ3) is 4.38. The number of carbonyl (C=O) groups is 1. The number of thiocarbonyl (C=S) groups is 1. The minimum atomic E-state index is 0.0368. The molecule has 1 aromatic rings. The highest BCUT2D eigenvalue weighted by atomic mass is 32.2. The number of unbranched alkanes of at least 4 members (excludes halogenated alkanes) is 1. The molecule has 0 radical (unpaired) electrons. The Kier molecular flexibility index (Phi) is 6.54. The summed E-state index contributed by atoms with van der Waals surface area (Å²) in [6.07, 6.45) is 8.63. The van der Waals surface area contributed by atoms with Gasteiger partial charge >= 0.3 is 0 Å². The van der Waals surface area contributed by atoms with E-state index in [4.69, 9.17) is 17.0 Å². The van der Waals surface area contributed by atoms with Crippen LogP contribution in [0.4, 0.5) is 0 Å². The van der Waals surface area contributed by atoms with E-state index in [9.17, 15) is 4.79 Å². The van der Waals surface area contributed by atoms with Crippen molar-refractivity contribution in [3.63, 3.8) is 0 Å². The smallest absolute Gasteiger partial charge is 0.266 e. The molecule has 1 saturated heterocycles. The van der Waals surface area contributed by atoms with Gasteiger partial charge in [0.05, 0.1) is 4.91 Å². The molecule has 138 valence electrons. The van der Waals surface area contributed by atoms with Crippen molar-refractivity contribution in [3.05, 3.63) is 46.4 Å². The van der Waals surface area contributed by atoms with Crippen molar-refractivity contribution in [2.24, 2.45) is 5.92 Å². The number of thioether (sulfide) groups is 1. The van der Waals surface area contributed by atoms with E-state index >= 15 is 0 Å². The van der Waals surface area contributed by atoms with Crippen LogP contribution in [0.25, 0.3) is 6.08 Å². The molecule has 0 saturated carbocycles. The molecule has 0 aliphatic carbocycles. The molecule has 1 fully saturated rings. The molecule has 2 aliphatic heterocycles. The summed E-state index contributed by atoms with van der Waals surface area (Å²) in [6.45, 7) is 5.61. The van der Waals surface area contributed by atoms with E-state index in [0.29, 0.717) is 21.8 Å². The maximum absolute atomic E-state index is 12.8. The zero-order valence-corrected chi connectivity index (χ0v) is 17.0. The minimum Gasteiger partial charge on any atom is -0.488 e. The highest BCUT2D eigenvalue weighted by Crippen LogP contribution is 2.35. The zero-order valence-electron chi connectivity index (χ0n) is 15.4. The average molecular weight is 388 g/mol. The second-order valence-electron chi connectivity index (χ2n) is 6.75. The number of fused-ring (bicyclic) bond motifs is 1. The SMILES string of the molecule is CCCCC(CC)CN1C(=O)/C(=C/C2=Cc3ccccc3OC2)SC1=S. The van der Waals surface area contributed by atoms with Gasteiger partial charge in [0.25, 0.3) is 5.91 Å². The highest BCUT2D eigenvalue weighted by molar-refractivity contribution is 8.26. The fraction of sp³-hybridized carbons (Fsp3) is 0.429. The van der Waals surface area contributed by atoms with Crippen molar-refractivity contribution >= 4 is 40.3 Å². The Morgan fingerprint density at radius 2 is 2.15 bits per heavy atom. The Morgan fingerprint density at radius 1 is 1.35 bits per heavy atom. The van der Waals surface area contributed by atoms with Crippen LogP contribution in [0.1, 0.15) is 45.1 Å². The number of ether oxygens (including phenoxy) is 1. The molecule has 1 unspecified atom stereocenters. The first-order valence-electron chi connectivity index (χ1n) is 9.30. The number of rotatable bonds is 7. The molecule has 1 amide bonds. The van der Waals surface area contributed by atoms with Gasteiger partial charge in [-0.05, 0) is 36.1 Å². The first kappa shape index (κ1) is 19.2. The van der Waals surface area contributed by atoms with Crippen LogP contribution in [0.5, 0.6) is 5.75 Å². The van der Waals surface area contributed by atoms with Crippen molar-refractivity contribution in [1.29, 1.82) is 0 Å². The lowest BCUT2D eigenvalue weighted by molar-refractivity contribution is -0.122. The standard InChI is InChI=1S/C21H25NO2S2/c1-3-5-8-15(4-2)13-22-20(23)19(26-21(22)25)12-16-11-17-9-6-7-10-18(17)24-14-16/h6-7,9-12,15H,3-5,8,13-14H2,1-2H3/b19-12-. The van der Waals surface area contributed by atoms with Gasteiger partial charge in [-0.2, -0.15) is 0 Å². The molecule has 2 heterocycles. The van der Waals surface area contributed by atoms with Crippen molar-refractivity contribution < 1.29 is 9.53 Å². The molecule has 0 N–H and O–H groups in total. The van der Waals surface area contributed by atoms with Gasteiger partial charge in [0, 0.05) is 12.1 Å². The normalized spacial score (nSPS) is 19.4. The predicted molar refractivity (Wildman–Crippen MR) is 113 cm³/mol. The lowest BCUT2D eigenvalue weighted by Crippen LogP contribution is -2.33. The first-order valence-corrected chi connectivity index (χ1v) is 10.5. The fourth-order valence-corrected chi connectivity index (χ4v) is 4.51. The summed E-state index contributed by atoms with van der Waals surface area (Å²) < 4.78 is 6.46. The summed E-state index contributed by atoms with van der Waals surface area (Å²) in [7, 11) is 0. The molecular formula is C21H25NO2S2. The molecule has 26 heavy (non-hydrogen) atoms. The van der Waals surface area contributed by atoms with Crippen LogP contribution in [-0.2, 0) is 4.79 Å². The molecule has 2 aliphatic rings. The van der Waals surface area contributed by atoms with Gasteiger partial charge in [0.15, 0.2) is 0 Å². The van der Waals surface area contributed by atoms with Crippen molar-refractivity contribution in [2.45, 2.75) is 39.5 Å². The third-order valence-corrected chi connectivity index (χ3v) is 6.21. The number of benzene rings is 1. The monoisotopic (exact) mass is 387 g/mol. The van der Waals surface area contributed by atoms with Crippen LogP contribution >= 0.6 is 24.0 Å². The van der Waals surface area contributed by atoms with Gasteiger partial charge in [-0.3, -0.25) is 9.69 Å². The maximum atomic E-state index is 12.8. The second-order valence-corrected chi connectivity index (χ2v) is 8.43. The van der Waals surface area contributed by atoms with Crippen LogP contribution in [0.2, 0.25) is 0 Å². The van der Waals surface area contributed by atoms with Gasteiger partial charge in [-0.1, -0.05) is 75.3 Å². The highest BCUT2D eigenvalue weighted by Gasteiger charge is 2.33. The van der Waals surface area contributed by atoms with E-state index in [-0.39, 0.29) is 5.91 Å². The minimum absolute atomic E-state index is 0.0368. The van der Waals surface area contributed by atoms with Crippen LogP contribution in [0.3, 0.4) is 0 Å². The van der Waals surface area contributed by atoms with E-state index in [1.165, 1.54) is 24.6 Å². The van der Waals surface area contributed by atoms with Crippen LogP contribution in [0, 0.1) is 5.92 Å². The molecule has 0 bridgehead atoms. The van der Waals surface area contributed by atoms with Crippen LogP contribution < -0.4 is 4.74 Å². The molecule has 0 aromatic heterocycles. The molecule has 3 rings (SSSR count). The van der Waals surface area contributed by atoms with Gasteiger partial charge in [-0.25, -0.2) is 0 Å². The largest absolute Gasteiger partial charge is 0.488 e. The Balaban J connectivity index is 1.72. The van der Waals surface area contributed by atoms with Gasteiger partial charge in [0.2, 0.25) is 0 Å². The first-order chi connectivity index (χ1) is 12.6. The maximum Gasteiger partial charge on any atom is 0.266 e. The zero-order chi connectivity index (χ0) is 18.5. The second kappa shape index (κ2) is 8.87. The predicted octanol–water partition coefficient (Wildman–Crippen LogP) is 5.42. The van der Waals surface area contributed by atoms with E-state index in [1.54, 1.807) is 4.90 Å². The Labute approximate surface area is 165 Å². The topological polar surface area (TPSA) is 29.5 Å². The summed E-state index contributed by atoms with van der Waals surface area (Å²) in [5.74, 6) is 1.44. The average Bonchev–Trinajstić information content (AvgIpc) is 2.92. The quantitative estimate of drug-likeness (QED) is 0.461. The van der Waals surface area contributed by atoms with Gasteiger partial charge < -0.3 is 4.74 Å². The van der Waals surface area contributed by atoms with Gasteiger partial charge in [0.1, 0.15) is 16.7 Å². The molecule has 3 nitrogen and oxygen atoms in total.